The number of aromatic hydroxyl groups is 1. The van der Waals surface area contributed by atoms with Crippen molar-refractivity contribution in [2.24, 2.45) is 0 Å². The molecule has 1 unspecified atom stereocenters. The summed E-state index contributed by atoms with van der Waals surface area (Å²) in [7, 11) is -3.95. The molecule has 0 fully saturated rings. The zero-order valence-electron chi connectivity index (χ0n) is 9.99. The second-order valence-corrected chi connectivity index (χ2v) is 5.57. The van der Waals surface area contributed by atoms with Crippen LogP contribution in [0, 0.1) is 11.3 Å². The predicted octanol–water partition coefficient (Wildman–Crippen LogP) is 1.13. The molecule has 0 spiro atoms. The van der Waals surface area contributed by atoms with Gasteiger partial charge in [-0.1, -0.05) is 6.92 Å². The first-order valence-electron chi connectivity index (χ1n) is 5.29. The van der Waals surface area contributed by atoms with Crippen molar-refractivity contribution in [2.45, 2.75) is 18.6 Å². The van der Waals surface area contributed by atoms with Crippen LogP contribution in [0.1, 0.15) is 23.7 Å². The Bertz CT molecular complexity index is 633. The van der Waals surface area contributed by atoms with Crippen molar-refractivity contribution in [2.75, 3.05) is 4.72 Å². The standard InChI is InChI=1S/C11H12N2O5S/c1-2-8(6-12)19(17,18)13-9-4-3-7(11(15)16)5-10(9)14/h3-5,8,13-14H,2H2,1H3,(H,15,16). The third-order valence-electron chi connectivity index (χ3n) is 2.39. The molecule has 1 aromatic rings. The van der Waals surface area contributed by atoms with Crippen LogP contribution in [-0.4, -0.2) is 29.9 Å². The summed E-state index contributed by atoms with van der Waals surface area (Å²) >= 11 is 0. The number of anilines is 1. The van der Waals surface area contributed by atoms with Crippen LogP contribution in [0.3, 0.4) is 0 Å². The lowest BCUT2D eigenvalue weighted by molar-refractivity contribution is 0.0696. The molecule has 3 N–H and O–H groups in total. The number of carboxylic acid groups (broad SMARTS) is 1. The Morgan fingerprint density at radius 2 is 2.16 bits per heavy atom. The first-order chi connectivity index (χ1) is 8.81. The monoisotopic (exact) mass is 284 g/mol. The van der Waals surface area contributed by atoms with E-state index in [4.69, 9.17) is 10.4 Å². The van der Waals surface area contributed by atoms with E-state index < -0.39 is 27.0 Å². The summed E-state index contributed by atoms with van der Waals surface area (Å²) in [5, 5.41) is 25.7. The lowest BCUT2D eigenvalue weighted by Crippen LogP contribution is -2.26. The van der Waals surface area contributed by atoms with Gasteiger partial charge < -0.3 is 10.2 Å². The highest BCUT2D eigenvalue weighted by molar-refractivity contribution is 7.93. The molecule has 1 aromatic carbocycles. The highest BCUT2D eigenvalue weighted by Crippen LogP contribution is 2.26. The molecule has 1 rings (SSSR count). The Labute approximate surface area is 110 Å². The summed E-state index contributed by atoms with van der Waals surface area (Å²) < 4.78 is 25.6. The maximum atomic E-state index is 11.8. The SMILES string of the molecule is CCC(C#N)S(=O)(=O)Nc1ccc(C(=O)O)cc1O. The minimum Gasteiger partial charge on any atom is -0.506 e. The highest BCUT2D eigenvalue weighted by Gasteiger charge is 2.24. The van der Waals surface area contributed by atoms with Gasteiger partial charge in [0, 0.05) is 0 Å². The zero-order chi connectivity index (χ0) is 14.6. The summed E-state index contributed by atoms with van der Waals surface area (Å²) in [4.78, 5) is 10.7. The number of rotatable bonds is 5. The van der Waals surface area contributed by atoms with Crippen molar-refractivity contribution in [1.29, 1.82) is 5.26 Å². The number of benzene rings is 1. The molecule has 19 heavy (non-hydrogen) atoms. The van der Waals surface area contributed by atoms with Crippen molar-refractivity contribution in [3.63, 3.8) is 0 Å². The molecule has 0 radical (unpaired) electrons. The molecule has 7 nitrogen and oxygen atoms in total. The van der Waals surface area contributed by atoms with Gasteiger partial charge in [0.2, 0.25) is 10.0 Å². The van der Waals surface area contributed by atoms with Crippen molar-refractivity contribution >= 4 is 21.7 Å². The van der Waals surface area contributed by atoms with Crippen LogP contribution in [0.4, 0.5) is 5.69 Å². The number of nitrogens with one attached hydrogen (secondary N) is 1. The third-order valence-corrected chi connectivity index (χ3v) is 4.08. The predicted molar refractivity (Wildman–Crippen MR) is 67.3 cm³/mol. The van der Waals surface area contributed by atoms with Gasteiger partial charge in [0.25, 0.3) is 0 Å². The quantitative estimate of drug-likeness (QED) is 0.695. The van der Waals surface area contributed by atoms with E-state index in [0.717, 1.165) is 18.2 Å². The van der Waals surface area contributed by atoms with Gasteiger partial charge in [0.1, 0.15) is 5.75 Å². The largest absolute Gasteiger partial charge is 0.506 e. The van der Waals surface area contributed by atoms with E-state index in [-0.39, 0.29) is 17.7 Å². The molecule has 0 heterocycles. The number of carbonyl (C=O) groups is 1. The number of nitriles is 1. The summed E-state index contributed by atoms with van der Waals surface area (Å²) in [6, 6.07) is 4.83. The van der Waals surface area contributed by atoms with Crippen molar-refractivity contribution < 1.29 is 23.4 Å². The zero-order valence-corrected chi connectivity index (χ0v) is 10.8. The van der Waals surface area contributed by atoms with Gasteiger partial charge in [0.15, 0.2) is 5.25 Å². The second-order valence-electron chi connectivity index (χ2n) is 3.71. The van der Waals surface area contributed by atoms with Gasteiger partial charge in [-0.2, -0.15) is 5.26 Å². The van der Waals surface area contributed by atoms with E-state index in [0.29, 0.717) is 0 Å². The second kappa shape index (κ2) is 5.58. The number of hydrogen-bond acceptors (Lipinski definition) is 5. The van der Waals surface area contributed by atoms with Crippen molar-refractivity contribution in [3.8, 4) is 11.8 Å². The smallest absolute Gasteiger partial charge is 0.335 e. The van der Waals surface area contributed by atoms with Gasteiger partial charge >= 0.3 is 5.97 Å². The van der Waals surface area contributed by atoms with Gasteiger partial charge in [-0.25, -0.2) is 13.2 Å². The van der Waals surface area contributed by atoms with Gasteiger partial charge in [-0.3, -0.25) is 4.72 Å². The molecule has 0 bridgehead atoms. The molecule has 0 aromatic heterocycles. The Hall–Kier alpha value is -2.27. The Kier molecular flexibility index (Phi) is 4.34. The summed E-state index contributed by atoms with van der Waals surface area (Å²) in [5.74, 6) is -1.76. The van der Waals surface area contributed by atoms with Crippen LogP contribution >= 0.6 is 0 Å². The highest BCUT2D eigenvalue weighted by atomic mass is 32.2. The van der Waals surface area contributed by atoms with Crippen LogP contribution in [0.5, 0.6) is 5.75 Å². The number of carboxylic acids is 1. The topological polar surface area (TPSA) is 127 Å². The molecule has 8 heteroatoms. The lowest BCUT2D eigenvalue weighted by Gasteiger charge is -2.12. The number of sulfonamides is 1. The lowest BCUT2D eigenvalue weighted by atomic mass is 10.2. The van der Waals surface area contributed by atoms with Crippen LogP contribution in [0.25, 0.3) is 0 Å². The number of aromatic carboxylic acids is 1. The summed E-state index contributed by atoms with van der Waals surface area (Å²) in [5.41, 5.74) is -0.341. The molecule has 0 aliphatic carbocycles. The molecule has 0 amide bonds. The number of nitrogens with zero attached hydrogens (tertiary/aromatic N) is 1. The van der Waals surface area contributed by atoms with Crippen LogP contribution in [0.2, 0.25) is 0 Å². The van der Waals surface area contributed by atoms with Crippen LogP contribution in [-0.2, 0) is 10.0 Å². The fraction of sp³-hybridized carbons (Fsp3) is 0.273. The van der Waals surface area contributed by atoms with E-state index in [1.54, 1.807) is 13.0 Å². The molecular weight excluding hydrogens is 272 g/mol. The first kappa shape index (κ1) is 14.8. The van der Waals surface area contributed by atoms with E-state index in [9.17, 15) is 18.3 Å². The first-order valence-corrected chi connectivity index (χ1v) is 6.84. The minimum atomic E-state index is -3.95. The van der Waals surface area contributed by atoms with Gasteiger partial charge in [-0.05, 0) is 24.6 Å². The van der Waals surface area contributed by atoms with E-state index in [2.05, 4.69) is 4.72 Å². The summed E-state index contributed by atoms with van der Waals surface area (Å²) in [6.45, 7) is 1.54. The fourth-order valence-electron chi connectivity index (χ4n) is 1.36. The molecule has 0 aliphatic rings. The molecule has 102 valence electrons. The van der Waals surface area contributed by atoms with Crippen LogP contribution in [0.15, 0.2) is 18.2 Å². The summed E-state index contributed by atoms with van der Waals surface area (Å²) in [6.07, 6.45) is 0.0970. The van der Waals surface area contributed by atoms with E-state index >= 15 is 0 Å². The molecular formula is C11H12N2O5S. The number of phenols is 1. The average Bonchev–Trinajstić information content (AvgIpc) is 2.32. The Balaban J connectivity index is 3.08. The molecule has 1 atom stereocenters. The molecule has 0 saturated heterocycles. The third kappa shape index (κ3) is 3.35. The Morgan fingerprint density at radius 1 is 1.53 bits per heavy atom. The number of phenolic OH excluding ortho intramolecular Hbond substituents is 1. The van der Waals surface area contributed by atoms with E-state index in [1.165, 1.54) is 0 Å². The van der Waals surface area contributed by atoms with Crippen LogP contribution < -0.4 is 4.72 Å². The number of hydrogen-bond donors (Lipinski definition) is 3. The Morgan fingerprint density at radius 3 is 2.58 bits per heavy atom. The molecule has 0 aliphatic heterocycles. The molecule has 0 saturated carbocycles. The maximum absolute atomic E-state index is 11.8. The normalized spacial score (nSPS) is 12.4. The van der Waals surface area contributed by atoms with Gasteiger partial charge in [0.05, 0.1) is 17.3 Å². The maximum Gasteiger partial charge on any atom is 0.335 e. The fourth-order valence-corrected chi connectivity index (χ4v) is 2.55. The average molecular weight is 284 g/mol. The van der Waals surface area contributed by atoms with Crippen molar-refractivity contribution in [1.82, 2.24) is 0 Å². The van der Waals surface area contributed by atoms with Gasteiger partial charge in [-0.15, -0.1) is 0 Å². The minimum absolute atomic E-state index is 0.0970. The van der Waals surface area contributed by atoms with E-state index in [1.807, 2.05) is 0 Å². The van der Waals surface area contributed by atoms with Crippen molar-refractivity contribution in [3.05, 3.63) is 23.8 Å².